The van der Waals surface area contributed by atoms with Crippen molar-refractivity contribution in [3.63, 3.8) is 0 Å². The van der Waals surface area contributed by atoms with E-state index in [2.05, 4.69) is 9.80 Å². The molecule has 1 aromatic heterocycles. The Morgan fingerprint density at radius 2 is 2.20 bits per heavy atom. The van der Waals surface area contributed by atoms with Crippen LogP contribution >= 0.6 is 11.8 Å². The lowest BCUT2D eigenvalue weighted by molar-refractivity contribution is -0.137. The van der Waals surface area contributed by atoms with Crippen molar-refractivity contribution in [3.8, 4) is 0 Å². The third kappa shape index (κ3) is 3.38. The maximum Gasteiger partial charge on any atom is 0.227 e. The average molecular weight is 294 g/mol. The molecule has 0 aliphatic carbocycles. The van der Waals surface area contributed by atoms with Crippen molar-refractivity contribution < 1.29 is 9.21 Å². The van der Waals surface area contributed by atoms with Crippen molar-refractivity contribution in [1.29, 1.82) is 0 Å². The van der Waals surface area contributed by atoms with Gasteiger partial charge in [-0.2, -0.15) is 11.8 Å². The predicted octanol–water partition coefficient (Wildman–Crippen LogP) is 2.07. The van der Waals surface area contributed by atoms with Gasteiger partial charge in [-0.1, -0.05) is 0 Å². The van der Waals surface area contributed by atoms with Crippen LogP contribution in [0.1, 0.15) is 18.6 Å². The lowest BCUT2D eigenvalue weighted by Gasteiger charge is -2.35. The molecule has 2 aliphatic heterocycles. The van der Waals surface area contributed by atoms with Crippen LogP contribution in [0.15, 0.2) is 22.8 Å². The molecule has 3 heterocycles. The lowest BCUT2D eigenvalue weighted by Crippen LogP contribution is -2.47. The maximum absolute atomic E-state index is 12.6. The molecule has 20 heavy (non-hydrogen) atoms. The molecule has 4 nitrogen and oxygen atoms in total. The third-order valence-corrected chi connectivity index (χ3v) is 5.08. The zero-order valence-corrected chi connectivity index (χ0v) is 12.6. The van der Waals surface area contributed by atoms with E-state index >= 15 is 0 Å². The molecule has 0 aromatic carbocycles. The number of carbonyl (C=O) groups is 1. The summed E-state index contributed by atoms with van der Waals surface area (Å²) in [7, 11) is 0. The van der Waals surface area contributed by atoms with E-state index in [1.54, 1.807) is 6.26 Å². The summed E-state index contributed by atoms with van der Waals surface area (Å²) in [4.78, 5) is 17.0. The average Bonchev–Trinajstić information content (AvgIpc) is 3.01. The summed E-state index contributed by atoms with van der Waals surface area (Å²) in [5.41, 5.74) is 0. The molecule has 0 spiro atoms. The summed E-state index contributed by atoms with van der Waals surface area (Å²) in [6, 6.07) is 3.93. The molecule has 5 heteroatoms. The molecule has 0 bridgehead atoms. The van der Waals surface area contributed by atoms with Gasteiger partial charge in [-0.25, -0.2) is 0 Å². The molecule has 3 rings (SSSR count). The van der Waals surface area contributed by atoms with Gasteiger partial charge in [0.05, 0.1) is 18.7 Å². The number of nitrogens with zero attached hydrogens (tertiary/aromatic N) is 2. The first-order valence-corrected chi connectivity index (χ1v) is 8.59. The van der Waals surface area contributed by atoms with Crippen LogP contribution in [0, 0.1) is 5.92 Å². The van der Waals surface area contributed by atoms with Gasteiger partial charge in [-0.05, 0) is 31.5 Å². The minimum atomic E-state index is 0.182. The number of piperidine rings is 1. The second-order valence-corrected chi connectivity index (χ2v) is 6.82. The van der Waals surface area contributed by atoms with Gasteiger partial charge in [0.15, 0.2) is 0 Å². The summed E-state index contributed by atoms with van der Waals surface area (Å²) >= 11 is 1.95. The predicted molar refractivity (Wildman–Crippen MR) is 80.6 cm³/mol. The second-order valence-electron chi connectivity index (χ2n) is 5.59. The summed E-state index contributed by atoms with van der Waals surface area (Å²) in [5, 5.41) is 0. The molecular formula is C15H22N2O2S. The van der Waals surface area contributed by atoms with Gasteiger partial charge < -0.3 is 9.32 Å². The molecule has 0 N–H and O–H groups in total. The van der Waals surface area contributed by atoms with Crippen LogP contribution in [-0.4, -0.2) is 53.4 Å². The van der Waals surface area contributed by atoms with Gasteiger partial charge in [-0.3, -0.25) is 9.69 Å². The monoisotopic (exact) mass is 294 g/mol. The van der Waals surface area contributed by atoms with Crippen molar-refractivity contribution in [2.45, 2.75) is 19.4 Å². The van der Waals surface area contributed by atoms with Crippen LogP contribution in [-0.2, 0) is 11.3 Å². The molecule has 110 valence electrons. The standard InChI is InChI=1S/C15H22N2O2S/c18-15(17-6-9-20-10-7-17)13-3-1-5-16(11-13)12-14-4-2-8-19-14/h2,4,8,13H,1,3,5-7,9-12H2. The molecule has 1 amide bonds. The summed E-state index contributed by atoms with van der Waals surface area (Å²) in [6.07, 6.45) is 3.87. The normalized spacial score (nSPS) is 24.8. The Bertz CT molecular complexity index is 429. The fraction of sp³-hybridized carbons (Fsp3) is 0.667. The number of hydrogen-bond acceptors (Lipinski definition) is 4. The van der Waals surface area contributed by atoms with Crippen molar-refractivity contribution in [1.82, 2.24) is 9.80 Å². The summed E-state index contributed by atoms with van der Waals surface area (Å²) < 4.78 is 5.41. The number of carbonyl (C=O) groups excluding carboxylic acids is 1. The SMILES string of the molecule is O=C(C1CCCN(Cc2ccco2)C1)N1CCSCC1. The number of amides is 1. The molecule has 2 aliphatic rings. The number of thioether (sulfide) groups is 1. The van der Waals surface area contributed by atoms with Crippen molar-refractivity contribution in [2.75, 3.05) is 37.7 Å². The summed E-state index contributed by atoms with van der Waals surface area (Å²) in [6.45, 7) is 4.63. The van der Waals surface area contributed by atoms with Crippen LogP contribution < -0.4 is 0 Å². The number of likely N-dealkylation sites (tertiary alicyclic amines) is 1. The second kappa shape index (κ2) is 6.68. The van der Waals surface area contributed by atoms with Crippen molar-refractivity contribution >= 4 is 17.7 Å². The Balaban J connectivity index is 1.55. The topological polar surface area (TPSA) is 36.7 Å². The van der Waals surface area contributed by atoms with Gasteiger partial charge >= 0.3 is 0 Å². The van der Waals surface area contributed by atoms with E-state index in [1.165, 1.54) is 0 Å². The highest BCUT2D eigenvalue weighted by Crippen LogP contribution is 2.22. The van der Waals surface area contributed by atoms with E-state index in [4.69, 9.17) is 4.42 Å². The number of furan rings is 1. The largest absolute Gasteiger partial charge is 0.468 e. The van der Waals surface area contributed by atoms with E-state index in [0.717, 1.165) is 62.8 Å². The van der Waals surface area contributed by atoms with Crippen LogP contribution in [0.3, 0.4) is 0 Å². The number of rotatable bonds is 3. The summed E-state index contributed by atoms with van der Waals surface area (Å²) in [5.74, 6) is 3.73. The number of hydrogen-bond donors (Lipinski definition) is 0. The van der Waals surface area contributed by atoms with E-state index in [0.29, 0.717) is 5.91 Å². The van der Waals surface area contributed by atoms with E-state index < -0.39 is 0 Å². The molecule has 2 saturated heterocycles. The van der Waals surface area contributed by atoms with E-state index in [1.807, 2.05) is 23.9 Å². The fourth-order valence-corrected chi connectivity index (χ4v) is 3.97. The Kier molecular flexibility index (Phi) is 4.68. The molecular weight excluding hydrogens is 272 g/mol. The van der Waals surface area contributed by atoms with Gasteiger partial charge in [0.2, 0.25) is 5.91 Å². The Hall–Kier alpha value is -0.940. The lowest BCUT2D eigenvalue weighted by atomic mass is 9.96. The first-order chi connectivity index (χ1) is 9.83. The third-order valence-electron chi connectivity index (χ3n) is 4.14. The minimum absolute atomic E-state index is 0.182. The molecule has 0 saturated carbocycles. The van der Waals surface area contributed by atoms with Crippen LogP contribution in [0.5, 0.6) is 0 Å². The highest BCUT2D eigenvalue weighted by molar-refractivity contribution is 7.99. The Labute approximate surface area is 124 Å². The van der Waals surface area contributed by atoms with Crippen LogP contribution in [0.25, 0.3) is 0 Å². The van der Waals surface area contributed by atoms with E-state index in [9.17, 15) is 4.79 Å². The quantitative estimate of drug-likeness (QED) is 0.855. The van der Waals surface area contributed by atoms with Gasteiger partial charge in [0.25, 0.3) is 0 Å². The zero-order valence-electron chi connectivity index (χ0n) is 11.8. The maximum atomic E-state index is 12.6. The molecule has 1 unspecified atom stereocenters. The first kappa shape index (κ1) is 14.0. The molecule has 0 radical (unpaired) electrons. The molecule has 1 aromatic rings. The minimum Gasteiger partial charge on any atom is -0.468 e. The fourth-order valence-electron chi connectivity index (χ4n) is 3.07. The van der Waals surface area contributed by atoms with Crippen LogP contribution in [0.4, 0.5) is 0 Å². The van der Waals surface area contributed by atoms with Crippen LogP contribution in [0.2, 0.25) is 0 Å². The zero-order chi connectivity index (χ0) is 13.8. The molecule has 1 atom stereocenters. The van der Waals surface area contributed by atoms with Crippen molar-refractivity contribution in [3.05, 3.63) is 24.2 Å². The molecule has 2 fully saturated rings. The smallest absolute Gasteiger partial charge is 0.227 e. The van der Waals surface area contributed by atoms with E-state index in [-0.39, 0.29) is 5.92 Å². The first-order valence-electron chi connectivity index (χ1n) is 7.44. The highest BCUT2D eigenvalue weighted by atomic mass is 32.2. The Morgan fingerprint density at radius 3 is 2.95 bits per heavy atom. The Morgan fingerprint density at radius 1 is 1.35 bits per heavy atom. The van der Waals surface area contributed by atoms with Gasteiger partial charge in [-0.15, -0.1) is 0 Å². The van der Waals surface area contributed by atoms with Gasteiger partial charge in [0, 0.05) is 31.1 Å². The van der Waals surface area contributed by atoms with Crippen molar-refractivity contribution in [2.24, 2.45) is 5.92 Å². The highest BCUT2D eigenvalue weighted by Gasteiger charge is 2.30. The van der Waals surface area contributed by atoms with Gasteiger partial charge in [0.1, 0.15) is 5.76 Å².